The molecule has 0 amide bonds. The highest BCUT2D eigenvalue weighted by molar-refractivity contribution is 6.30. The van der Waals surface area contributed by atoms with Crippen molar-refractivity contribution in [1.82, 2.24) is 14.1 Å². The smallest absolute Gasteiger partial charge is 0.355 e. The topological polar surface area (TPSA) is 108 Å². The molecule has 2 aromatic carbocycles. The lowest BCUT2D eigenvalue weighted by molar-refractivity contribution is 0.0580. The number of nitrogens with zero attached hydrogens (tertiary/aromatic N) is 3. The molecule has 180 valence electrons. The van der Waals surface area contributed by atoms with Gasteiger partial charge in [-0.3, -0.25) is 4.57 Å². The Morgan fingerprint density at radius 3 is 2.47 bits per heavy atom. The van der Waals surface area contributed by atoms with Crippen molar-refractivity contribution in [2.24, 2.45) is 0 Å². The van der Waals surface area contributed by atoms with Gasteiger partial charge in [-0.2, -0.15) is 4.98 Å². The molecule has 0 radical (unpaired) electrons. The summed E-state index contributed by atoms with van der Waals surface area (Å²) in [7, 11) is 0. The van der Waals surface area contributed by atoms with Crippen molar-refractivity contribution in [2.75, 3.05) is 18.5 Å². The predicted octanol–water partition coefficient (Wildman–Crippen LogP) is 2.79. The lowest BCUT2D eigenvalue weighted by atomic mass is 10.1. The first kappa shape index (κ1) is 24.0. The molecule has 1 saturated heterocycles. The molecule has 1 fully saturated rings. The highest BCUT2D eigenvalue weighted by Crippen LogP contribution is 2.21. The molecule has 10 heteroatoms. The number of rotatable bonds is 8. The van der Waals surface area contributed by atoms with E-state index in [1.54, 1.807) is 48.5 Å². The fourth-order valence-corrected chi connectivity index (χ4v) is 3.73. The summed E-state index contributed by atoms with van der Waals surface area (Å²) in [6, 6.07) is 14.2. The maximum Gasteiger partial charge on any atom is 0.355 e. The summed E-state index contributed by atoms with van der Waals surface area (Å²) in [5.74, 6) is 0.794. The maximum atomic E-state index is 13.3. The molecular formula is C24H27ClN4O5. The Kier molecular flexibility index (Phi) is 7.06. The largest absolute Gasteiger partial charge is 0.488 e. The minimum atomic E-state index is -1.27. The van der Waals surface area contributed by atoms with E-state index in [0.29, 0.717) is 29.7 Å². The number of halogens is 1. The molecule has 9 nitrogen and oxygen atoms in total. The molecule has 4 rings (SSSR count). The Morgan fingerprint density at radius 2 is 1.85 bits per heavy atom. The lowest BCUT2D eigenvalue weighted by Gasteiger charge is -2.20. The van der Waals surface area contributed by atoms with Gasteiger partial charge in [0, 0.05) is 17.1 Å². The normalized spacial score (nSPS) is 15.9. The zero-order valence-corrected chi connectivity index (χ0v) is 19.8. The summed E-state index contributed by atoms with van der Waals surface area (Å²) in [5.41, 5.74) is -1.17. The molecule has 0 spiro atoms. The molecule has 2 heterocycles. The van der Waals surface area contributed by atoms with Gasteiger partial charge in [0.15, 0.2) is 0 Å². The van der Waals surface area contributed by atoms with E-state index in [1.165, 1.54) is 18.4 Å². The summed E-state index contributed by atoms with van der Waals surface area (Å²) in [4.78, 5) is 30.0. The number of aliphatic hydroxyl groups is 1. The summed E-state index contributed by atoms with van der Waals surface area (Å²) < 4.78 is 13.5. The highest BCUT2D eigenvalue weighted by Gasteiger charge is 2.21. The van der Waals surface area contributed by atoms with Crippen LogP contribution < -0.4 is 21.4 Å². The third-order valence-corrected chi connectivity index (χ3v) is 5.50. The minimum Gasteiger partial charge on any atom is -0.488 e. The molecule has 1 aliphatic heterocycles. The number of anilines is 2. The Labute approximate surface area is 201 Å². The Balaban J connectivity index is 1.65. The van der Waals surface area contributed by atoms with Crippen LogP contribution in [-0.2, 0) is 17.8 Å². The maximum absolute atomic E-state index is 13.3. The zero-order valence-electron chi connectivity index (χ0n) is 19.0. The van der Waals surface area contributed by atoms with Crippen molar-refractivity contribution in [3.8, 4) is 5.75 Å². The number of hydrogen-bond acceptors (Lipinski definition) is 7. The predicted molar refractivity (Wildman–Crippen MR) is 129 cm³/mol. The van der Waals surface area contributed by atoms with Crippen LogP contribution in [0.3, 0.4) is 0 Å². The van der Waals surface area contributed by atoms with E-state index >= 15 is 0 Å². The first-order valence-electron chi connectivity index (χ1n) is 11.0. The second kappa shape index (κ2) is 10.0. The Hall–Kier alpha value is -3.14. The van der Waals surface area contributed by atoms with E-state index in [9.17, 15) is 14.7 Å². The quantitative estimate of drug-likeness (QED) is 0.504. The van der Waals surface area contributed by atoms with Gasteiger partial charge in [0.2, 0.25) is 5.95 Å². The summed E-state index contributed by atoms with van der Waals surface area (Å²) in [6.45, 7) is 4.28. The van der Waals surface area contributed by atoms with E-state index in [2.05, 4.69) is 10.3 Å². The van der Waals surface area contributed by atoms with Gasteiger partial charge < -0.3 is 19.9 Å². The zero-order chi connectivity index (χ0) is 24.3. The Morgan fingerprint density at radius 1 is 1.15 bits per heavy atom. The molecular weight excluding hydrogens is 460 g/mol. The van der Waals surface area contributed by atoms with Crippen molar-refractivity contribution < 1.29 is 14.6 Å². The summed E-state index contributed by atoms with van der Waals surface area (Å²) in [6.07, 6.45) is 0.885. The van der Waals surface area contributed by atoms with Gasteiger partial charge in [-0.15, -0.1) is 0 Å². The van der Waals surface area contributed by atoms with Crippen LogP contribution in [0.25, 0.3) is 0 Å². The van der Waals surface area contributed by atoms with Crippen LogP contribution in [0.2, 0.25) is 5.02 Å². The number of aromatic nitrogens is 3. The average molecular weight is 487 g/mol. The molecule has 3 aromatic rings. The van der Waals surface area contributed by atoms with Gasteiger partial charge >= 0.3 is 11.4 Å². The minimum absolute atomic E-state index is 0.0356. The number of benzene rings is 2. The van der Waals surface area contributed by atoms with Gasteiger partial charge in [0.05, 0.1) is 31.9 Å². The lowest BCUT2D eigenvalue weighted by Crippen LogP contribution is -2.46. The fourth-order valence-electron chi connectivity index (χ4n) is 3.61. The molecule has 2 N–H and O–H groups in total. The summed E-state index contributed by atoms with van der Waals surface area (Å²) in [5, 5.41) is 13.8. The third kappa shape index (κ3) is 6.05. The molecule has 0 aliphatic carbocycles. The van der Waals surface area contributed by atoms with E-state index in [1.807, 2.05) is 0 Å². The summed E-state index contributed by atoms with van der Waals surface area (Å²) >= 11 is 5.99. The van der Waals surface area contributed by atoms with E-state index in [0.717, 1.165) is 16.6 Å². The van der Waals surface area contributed by atoms with Crippen LogP contribution >= 0.6 is 11.6 Å². The number of ether oxygens (including phenoxy) is 2. The van der Waals surface area contributed by atoms with Gasteiger partial charge in [-0.1, -0.05) is 23.7 Å². The molecule has 1 aliphatic rings. The van der Waals surface area contributed by atoms with Crippen LogP contribution in [0.5, 0.6) is 5.75 Å². The van der Waals surface area contributed by atoms with E-state index in [-0.39, 0.29) is 25.1 Å². The van der Waals surface area contributed by atoms with Gasteiger partial charge in [-0.05, 0) is 55.8 Å². The first-order chi connectivity index (χ1) is 16.2. The van der Waals surface area contributed by atoms with Gasteiger partial charge in [0.25, 0.3) is 0 Å². The van der Waals surface area contributed by atoms with Crippen LogP contribution in [0, 0.1) is 0 Å². The molecule has 1 atom stereocenters. The fraction of sp³-hybridized carbons (Fsp3) is 0.375. The molecule has 0 saturated carbocycles. The van der Waals surface area contributed by atoms with Crippen molar-refractivity contribution >= 4 is 23.2 Å². The second-order valence-electron chi connectivity index (χ2n) is 8.86. The van der Waals surface area contributed by atoms with Crippen LogP contribution in [0.1, 0.15) is 25.8 Å². The first-order valence-corrected chi connectivity index (χ1v) is 11.4. The van der Waals surface area contributed by atoms with Crippen molar-refractivity contribution in [1.29, 1.82) is 0 Å². The number of hydrogen-bond donors (Lipinski definition) is 2. The Bertz CT molecular complexity index is 1240. The standard InChI is InChI=1S/C24H27ClN4O5/c1-24(2,32)15-29-22(30)27-21(28(23(29)31)13-16-3-5-17(25)6-4-16)26-18-7-9-19(10-8-18)34-20-11-12-33-14-20/h3-10,20,32H,11-15H2,1-2H3,(H,26,27,30). The molecule has 0 bridgehead atoms. The van der Waals surface area contributed by atoms with E-state index < -0.39 is 17.0 Å². The van der Waals surface area contributed by atoms with Gasteiger partial charge in [-0.25, -0.2) is 14.2 Å². The van der Waals surface area contributed by atoms with Gasteiger partial charge in [0.1, 0.15) is 11.9 Å². The second-order valence-corrected chi connectivity index (χ2v) is 9.30. The number of nitrogens with one attached hydrogen (secondary N) is 1. The molecule has 1 unspecified atom stereocenters. The van der Waals surface area contributed by atoms with Crippen LogP contribution in [0.4, 0.5) is 11.6 Å². The van der Waals surface area contributed by atoms with E-state index in [4.69, 9.17) is 21.1 Å². The monoisotopic (exact) mass is 486 g/mol. The van der Waals surface area contributed by atoms with Crippen molar-refractivity contribution in [3.63, 3.8) is 0 Å². The van der Waals surface area contributed by atoms with Crippen LogP contribution in [0.15, 0.2) is 58.1 Å². The van der Waals surface area contributed by atoms with Crippen molar-refractivity contribution in [3.05, 3.63) is 80.1 Å². The van der Waals surface area contributed by atoms with Crippen LogP contribution in [-0.4, -0.2) is 44.1 Å². The third-order valence-electron chi connectivity index (χ3n) is 5.25. The average Bonchev–Trinajstić information content (AvgIpc) is 3.29. The highest BCUT2D eigenvalue weighted by atomic mass is 35.5. The SMILES string of the molecule is CC(C)(O)Cn1c(=O)nc(Nc2ccc(OC3CCOC3)cc2)n(Cc2ccc(Cl)cc2)c1=O. The molecule has 1 aromatic heterocycles. The molecule has 34 heavy (non-hydrogen) atoms. The van der Waals surface area contributed by atoms with Crippen molar-refractivity contribution in [2.45, 2.75) is 45.1 Å².